The maximum absolute atomic E-state index is 12.5. The maximum Gasteiger partial charge on any atom is 0.200 e. The highest BCUT2D eigenvalue weighted by molar-refractivity contribution is 8.04. The second-order valence-corrected chi connectivity index (χ2v) is 6.83. The van der Waals surface area contributed by atoms with E-state index in [9.17, 15) is 4.79 Å². The van der Waals surface area contributed by atoms with Crippen molar-refractivity contribution in [3.05, 3.63) is 58.5 Å². The van der Waals surface area contributed by atoms with Gasteiger partial charge in [0.1, 0.15) is 0 Å². The Bertz CT molecular complexity index is 793. The molecule has 0 amide bonds. The Kier molecular flexibility index (Phi) is 4.95. The van der Waals surface area contributed by atoms with E-state index in [1.54, 1.807) is 0 Å². The molecular weight excluding hydrogens is 320 g/mol. The van der Waals surface area contributed by atoms with Crippen molar-refractivity contribution in [1.82, 2.24) is 0 Å². The number of hydrogen-bond acceptors (Lipinski definition) is 4. The third kappa shape index (κ3) is 3.49. The number of ether oxygens (including phenoxy) is 2. The van der Waals surface area contributed by atoms with E-state index < -0.39 is 0 Å². The van der Waals surface area contributed by atoms with Crippen LogP contribution in [0.1, 0.15) is 36.7 Å². The van der Waals surface area contributed by atoms with Crippen molar-refractivity contribution >= 4 is 23.6 Å². The van der Waals surface area contributed by atoms with Gasteiger partial charge in [-0.3, -0.25) is 4.79 Å². The van der Waals surface area contributed by atoms with Crippen LogP contribution < -0.4 is 9.47 Å². The standard InChI is InChI=1S/C20H20O3S/c1-4-22-17-11-14(9-10-16(17)23-13(2)3)12-19-20(21)15-7-5-6-8-18(15)24-19/h5-13H,4H2,1-3H3/b19-12-. The molecule has 0 saturated heterocycles. The summed E-state index contributed by atoms with van der Waals surface area (Å²) in [6.07, 6.45) is 1.99. The molecule has 0 aromatic heterocycles. The number of fused-ring (bicyclic) bond motifs is 1. The molecule has 1 heterocycles. The number of benzene rings is 2. The number of Topliss-reactive ketones (excluding diaryl/α,β-unsaturated/α-hetero) is 1. The lowest BCUT2D eigenvalue weighted by Gasteiger charge is -2.15. The zero-order valence-corrected chi connectivity index (χ0v) is 14.9. The van der Waals surface area contributed by atoms with Crippen molar-refractivity contribution in [3.8, 4) is 11.5 Å². The maximum atomic E-state index is 12.5. The number of allylic oxidation sites excluding steroid dienone is 1. The number of thioether (sulfide) groups is 1. The number of rotatable bonds is 5. The van der Waals surface area contributed by atoms with Gasteiger partial charge in [-0.2, -0.15) is 0 Å². The van der Waals surface area contributed by atoms with Crippen molar-refractivity contribution in [2.45, 2.75) is 31.8 Å². The molecule has 2 aromatic rings. The summed E-state index contributed by atoms with van der Waals surface area (Å²) in [4.78, 5) is 14.2. The predicted octanol–water partition coefficient (Wildman–Crippen LogP) is 5.20. The highest BCUT2D eigenvalue weighted by Crippen LogP contribution is 2.41. The average molecular weight is 340 g/mol. The van der Waals surface area contributed by atoms with Gasteiger partial charge in [0, 0.05) is 10.5 Å². The minimum atomic E-state index is 0.0786. The molecule has 2 aromatic carbocycles. The van der Waals surface area contributed by atoms with E-state index in [4.69, 9.17) is 9.47 Å². The SMILES string of the molecule is CCOc1cc(/C=C2\Sc3ccccc3C2=O)ccc1OC(C)C. The lowest BCUT2D eigenvalue weighted by molar-refractivity contribution is 0.104. The van der Waals surface area contributed by atoms with Gasteiger partial charge >= 0.3 is 0 Å². The first-order valence-electron chi connectivity index (χ1n) is 8.05. The molecule has 0 aliphatic carbocycles. The van der Waals surface area contributed by atoms with Crippen LogP contribution in [-0.2, 0) is 0 Å². The fourth-order valence-corrected chi connectivity index (χ4v) is 3.57. The van der Waals surface area contributed by atoms with Crippen molar-refractivity contribution in [2.75, 3.05) is 6.61 Å². The van der Waals surface area contributed by atoms with Crippen LogP contribution in [0.2, 0.25) is 0 Å². The number of carbonyl (C=O) groups is 1. The predicted molar refractivity (Wildman–Crippen MR) is 98.0 cm³/mol. The fourth-order valence-electron chi connectivity index (χ4n) is 2.52. The minimum absolute atomic E-state index is 0.0786. The van der Waals surface area contributed by atoms with Gasteiger partial charge in [0.15, 0.2) is 11.5 Å². The normalized spacial score (nSPS) is 15.0. The largest absolute Gasteiger partial charge is 0.490 e. The summed E-state index contributed by atoms with van der Waals surface area (Å²) >= 11 is 1.51. The summed E-state index contributed by atoms with van der Waals surface area (Å²) in [5, 5.41) is 0. The average Bonchev–Trinajstić information content (AvgIpc) is 2.86. The van der Waals surface area contributed by atoms with Crippen LogP contribution in [0.4, 0.5) is 0 Å². The topological polar surface area (TPSA) is 35.5 Å². The lowest BCUT2D eigenvalue weighted by Crippen LogP contribution is -2.07. The van der Waals surface area contributed by atoms with E-state index >= 15 is 0 Å². The van der Waals surface area contributed by atoms with E-state index in [2.05, 4.69) is 0 Å². The Morgan fingerprint density at radius 1 is 1.12 bits per heavy atom. The molecule has 1 aliphatic rings. The highest BCUT2D eigenvalue weighted by atomic mass is 32.2. The van der Waals surface area contributed by atoms with Crippen LogP contribution in [0.15, 0.2) is 52.3 Å². The van der Waals surface area contributed by atoms with Crippen LogP contribution in [-0.4, -0.2) is 18.5 Å². The van der Waals surface area contributed by atoms with E-state index in [-0.39, 0.29) is 11.9 Å². The zero-order valence-electron chi connectivity index (χ0n) is 14.0. The van der Waals surface area contributed by atoms with Crippen LogP contribution in [0.3, 0.4) is 0 Å². The molecule has 3 rings (SSSR count). The third-order valence-corrected chi connectivity index (χ3v) is 4.60. The molecule has 1 aliphatic heterocycles. The zero-order chi connectivity index (χ0) is 17.1. The lowest BCUT2D eigenvalue weighted by atomic mass is 10.1. The van der Waals surface area contributed by atoms with E-state index in [0.29, 0.717) is 12.4 Å². The van der Waals surface area contributed by atoms with Crippen molar-refractivity contribution < 1.29 is 14.3 Å². The summed E-state index contributed by atoms with van der Waals surface area (Å²) in [6.45, 7) is 6.47. The minimum Gasteiger partial charge on any atom is -0.490 e. The number of ketones is 1. The summed E-state index contributed by atoms with van der Waals surface area (Å²) in [6, 6.07) is 13.5. The van der Waals surface area contributed by atoms with Gasteiger partial charge in [0.2, 0.25) is 5.78 Å². The Labute approximate surface area is 146 Å². The molecule has 0 bridgehead atoms. The monoisotopic (exact) mass is 340 g/mol. The van der Waals surface area contributed by atoms with Crippen LogP contribution in [0.25, 0.3) is 6.08 Å². The van der Waals surface area contributed by atoms with Crippen LogP contribution >= 0.6 is 11.8 Å². The summed E-state index contributed by atoms with van der Waals surface area (Å²) < 4.78 is 11.5. The van der Waals surface area contributed by atoms with Crippen LogP contribution in [0, 0.1) is 0 Å². The van der Waals surface area contributed by atoms with Gasteiger partial charge in [-0.25, -0.2) is 0 Å². The number of hydrogen-bond donors (Lipinski definition) is 0. The Morgan fingerprint density at radius 3 is 2.62 bits per heavy atom. The molecule has 3 nitrogen and oxygen atoms in total. The Morgan fingerprint density at radius 2 is 1.92 bits per heavy atom. The smallest absolute Gasteiger partial charge is 0.200 e. The molecule has 4 heteroatoms. The first-order valence-corrected chi connectivity index (χ1v) is 8.87. The quantitative estimate of drug-likeness (QED) is 0.701. The van der Waals surface area contributed by atoms with E-state index in [1.807, 2.05) is 69.3 Å². The van der Waals surface area contributed by atoms with Crippen molar-refractivity contribution in [3.63, 3.8) is 0 Å². The second-order valence-electron chi connectivity index (χ2n) is 5.74. The third-order valence-electron chi connectivity index (χ3n) is 3.50. The highest BCUT2D eigenvalue weighted by Gasteiger charge is 2.25. The first-order chi connectivity index (χ1) is 11.6. The summed E-state index contributed by atoms with van der Waals surface area (Å²) in [7, 11) is 0. The van der Waals surface area contributed by atoms with Gasteiger partial charge in [0.05, 0.1) is 17.6 Å². The molecule has 24 heavy (non-hydrogen) atoms. The fraction of sp³-hybridized carbons (Fsp3) is 0.250. The number of carbonyl (C=O) groups excluding carboxylic acids is 1. The Hall–Kier alpha value is -2.20. The molecular formula is C20H20O3S. The molecule has 0 fully saturated rings. The van der Waals surface area contributed by atoms with Crippen molar-refractivity contribution in [1.29, 1.82) is 0 Å². The summed E-state index contributed by atoms with van der Waals surface area (Å²) in [5.74, 6) is 1.51. The van der Waals surface area contributed by atoms with Gasteiger partial charge in [-0.1, -0.05) is 30.0 Å². The van der Waals surface area contributed by atoms with Gasteiger partial charge in [0.25, 0.3) is 0 Å². The summed E-state index contributed by atoms with van der Waals surface area (Å²) in [5.41, 5.74) is 1.71. The van der Waals surface area contributed by atoms with E-state index in [1.165, 1.54) is 11.8 Å². The molecule has 0 unspecified atom stereocenters. The van der Waals surface area contributed by atoms with Crippen LogP contribution in [0.5, 0.6) is 11.5 Å². The van der Waals surface area contributed by atoms with Gasteiger partial charge in [-0.05, 0) is 56.7 Å². The van der Waals surface area contributed by atoms with Crippen molar-refractivity contribution in [2.24, 2.45) is 0 Å². The Balaban J connectivity index is 1.91. The molecule has 0 spiro atoms. The molecule has 0 N–H and O–H groups in total. The van der Waals surface area contributed by atoms with Gasteiger partial charge in [-0.15, -0.1) is 0 Å². The molecule has 0 atom stereocenters. The van der Waals surface area contributed by atoms with Gasteiger partial charge < -0.3 is 9.47 Å². The first kappa shape index (κ1) is 16.7. The van der Waals surface area contributed by atoms with E-state index in [0.717, 1.165) is 26.7 Å². The molecule has 0 saturated carbocycles. The molecule has 124 valence electrons. The second kappa shape index (κ2) is 7.14. The molecule has 0 radical (unpaired) electrons.